The number of benzene rings is 1. The Labute approximate surface area is 124 Å². The molecule has 0 heterocycles. The Morgan fingerprint density at radius 2 is 2.14 bits per heavy atom. The van der Waals surface area contributed by atoms with Gasteiger partial charge >= 0.3 is 5.97 Å². The molecule has 0 radical (unpaired) electrons. The van der Waals surface area contributed by atoms with Gasteiger partial charge < -0.3 is 10.1 Å². The summed E-state index contributed by atoms with van der Waals surface area (Å²) >= 11 is 0. The Morgan fingerprint density at radius 1 is 1.29 bits per heavy atom. The number of hydrogen-bond acceptors (Lipinski definition) is 3. The minimum atomic E-state index is -0.388. The van der Waals surface area contributed by atoms with Gasteiger partial charge in [-0.15, -0.1) is 0 Å². The third-order valence-electron chi connectivity index (χ3n) is 4.30. The molecule has 0 aliphatic heterocycles. The first-order valence-electron chi connectivity index (χ1n) is 7.37. The van der Waals surface area contributed by atoms with E-state index in [4.69, 9.17) is 4.74 Å². The molecule has 1 amide bonds. The molecule has 1 N–H and O–H groups in total. The first-order valence-corrected chi connectivity index (χ1v) is 7.37. The zero-order valence-corrected chi connectivity index (χ0v) is 12.0. The topological polar surface area (TPSA) is 55.4 Å². The number of hydrogen-bond donors (Lipinski definition) is 1. The molecule has 4 heteroatoms. The van der Waals surface area contributed by atoms with Crippen LogP contribution in [0.25, 0.3) is 0 Å². The predicted molar refractivity (Wildman–Crippen MR) is 78.9 cm³/mol. The normalized spacial score (nSPS) is 25.9. The van der Waals surface area contributed by atoms with Crippen LogP contribution in [0, 0.1) is 17.8 Å². The highest BCUT2D eigenvalue weighted by Crippen LogP contribution is 2.42. The number of carbonyl (C=O) groups is 2. The van der Waals surface area contributed by atoms with E-state index in [-0.39, 0.29) is 11.9 Å². The second kappa shape index (κ2) is 5.72. The molecule has 1 aromatic rings. The average Bonchev–Trinajstić information content (AvgIpc) is 3.06. The fraction of sp³-hybridized carbons (Fsp3) is 0.412. The lowest BCUT2D eigenvalue weighted by atomic mass is 9.93. The molecule has 1 aromatic carbocycles. The Hall–Kier alpha value is -2.10. The Morgan fingerprint density at radius 3 is 2.81 bits per heavy atom. The predicted octanol–water partition coefficient (Wildman–Crippen LogP) is 2.55. The number of ether oxygens (including phenoxy) is 1. The highest BCUT2D eigenvalue weighted by molar-refractivity contribution is 5.94. The second-order valence-electron chi connectivity index (χ2n) is 5.87. The van der Waals surface area contributed by atoms with Crippen molar-refractivity contribution in [3.05, 3.63) is 42.0 Å². The van der Waals surface area contributed by atoms with Crippen LogP contribution in [0.1, 0.15) is 30.1 Å². The van der Waals surface area contributed by atoms with Gasteiger partial charge in [0.25, 0.3) is 5.91 Å². The molecule has 4 nitrogen and oxygen atoms in total. The zero-order valence-electron chi connectivity index (χ0n) is 12.0. The van der Waals surface area contributed by atoms with Crippen molar-refractivity contribution in [1.82, 2.24) is 5.32 Å². The van der Waals surface area contributed by atoms with Crippen LogP contribution < -0.4 is 10.1 Å². The minimum Gasteiger partial charge on any atom is -0.427 e. The van der Waals surface area contributed by atoms with E-state index >= 15 is 0 Å². The van der Waals surface area contributed by atoms with E-state index in [1.165, 1.54) is 19.8 Å². The quantitative estimate of drug-likeness (QED) is 0.525. The molecule has 1 fully saturated rings. The maximum atomic E-state index is 12.2. The van der Waals surface area contributed by atoms with Gasteiger partial charge in [-0.25, -0.2) is 0 Å². The van der Waals surface area contributed by atoms with Crippen LogP contribution >= 0.6 is 0 Å². The fourth-order valence-electron chi connectivity index (χ4n) is 3.32. The number of rotatable bonds is 4. The summed E-state index contributed by atoms with van der Waals surface area (Å²) in [5.74, 6) is 1.79. The van der Waals surface area contributed by atoms with Crippen LogP contribution in [-0.2, 0) is 4.79 Å². The molecule has 21 heavy (non-hydrogen) atoms. The molecule has 3 rings (SSSR count). The van der Waals surface area contributed by atoms with E-state index in [0.29, 0.717) is 35.6 Å². The van der Waals surface area contributed by atoms with Crippen molar-refractivity contribution in [2.75, 3.05) is 6.54 Å². The van der Waals surface area contributed by atoms with Gasteiger partial charge in [-0.2, -0.15) is 0 Å². The Kier molecular flexibility index (Phi) is 3.78. The SMILES string of the molecule is CC(=O)Oc1cccc(C(=O)NCC2CC3C=CC2C3)c1. The number of allylic oxidation sites excluding steroid dienone is 2. The molecule has 2 aliphatic rings. The van der Waals surface area contributed by atoms with Gasteiger partial charge in [-0.3, -0.25) is 9.59 Å². The Balaban J connectivity index is 1.58. The van der Waals surface area contributed by atoms with Gasteiger partial charge in [0.15, 0.2) is 0 Å². The minimum absolute atomic E-state index is 0.115. The van der Waals surface area contributed by atoms with Crippen molar-refractivity contribution in [2.45, 2.75) is 19.8 Å². The molecule has 2 bridgehead atoms. The van der Waals surface area contributed by atoms with Crippen molar-refractivity contribution in [1.29, 1.82) is 0 Å². The van der Waals surface area contributed by atoms with Crippen molar-refractivity contribution in [3.8, 4) is 5.75 Å². The van der Waals surface area contributed by atoms with Gasteiger partial charge in [0.05, 0.1) is 0 Å². The molecular weight excluding hydrogens is 266 g/mol. The molecule has 0 saturated heterocycles. The number of nitrogens with one attached hydrogen (secondary N) is 1. The largest absolute Gasteiger partial charge is 0.427 e. The third kappa shape index (κ3) is 3.15. The van der Waals surface area contributed by atoms with Crippen molar-refractivity contribution < 1.29 is 14.3 Å². The van der Waals surface area contributed by atoms with Crippen LogP contribution in [0.3, 0.4) is 0 Å². The summed E-state index contributed by atoms with van der Waals surface area (Å²) in [4.78, 5) is 23.1. The lowest BCUT2D eigenvalue weighted by Crippen LogP contribution is -2.30. The Bertz CT molecular complexity index is 593. The zero-order chi connectivity index (χ0) is 14.8. The highest BCUT2D eigenvalue weighted by Gasteiger charge is 2.35. The molecule has 3 unspecified atom stereocenters. The van der Waals surface area contributed by atoms with Crippen LogP contribution in [-0.4, -0.2) is 18.4 Å². The first-order chi connectivity index (χ1) is 10.1. The van der Waals surface area contributed by atoms with Crippen molar-refractivity contribution in [3.63, 3.8) is 0 Å². The molecule has 0 aromatic heterocycles. The molecular formula is C17H19NO3. The average molecular weight is 285 g/mol. The number of amides is 1. The molecule has 3 atom stereocenters. The summed E-state index contributed by atoms with van der Waals surface area (Å²) in [5.41, 5.74) is 0.521. The van der Waals surface area contributed by atoms with Gasteiger partial charge in [0, 0.05) is 19.0 Å². The second-order valence-corrected chi connectivity index (χ2v) is 5.87. The first kappa shape index (κ1) is 13.9. The number of esters is 1. The van der Waals surface area contributed by atoms with Crippen LogP contribution in [0.4, 0.5) is 0 Å². The van der Waals surface area contributed by atoms with Gasteiger partial charge in [-0.05, 0) is 48.8 Å². The number of fused-ring (bicyclic) bond motifs is 2. The molecule has 0 spiro atoms. The lowest BCUT2D eigenvalue weighted by molar-refractivity contribution is -0.131. The lowest BCUT2D eigenvalue weighted by Gasteiger charge is -2.18. The van der Waals surface area contributed by atoms with Crippen LogP contribution in [0.2, 0.25) is 0 Å². The van der Waals surface area contributed by atoms with Gasteiger partial charge in [0.1, 0.15) is 5.75 Å². The monoisotopic (exact) mass is 285 g/mol. The van der Waals surface area contributed by atoms with E-state index in [0.717, 1.165) is 0 Å². The van der Waals surface area contributed by atoms with Crippen LogP contribution in [0.5, 0.6) is 5.75 Å². The summed E-state index contributed by atoms with van der Waals surface area (Å²) in [6.07, 6.45) is 7.00. The van der Waals surface area contributed by atoms with E-state index in [9.17, 15) is 9.59 Å². The van der Waals surface area contributed by atoms with E-state index < -0.39 is 0 Å². The summed E-state index contributed by atoms with van der Waals surface area (Å²) in [5, 5.41) is 2.99. The van der Waals surface area contributed by atoms with E-state index in [1.54, 1.807) is 24.3 Å². The highest BCUT2D eigenvalue weighted by atomic mass is 16.5. The standard InChI is InChI=1S/C17H19NO3/c1-11(19)21-16-4-2-3-14(9-16)17(20)18-10-15-8-12-5-6-13(15)7-12/h2-6,9,12-13,15H,7-8,10H2,1H3,(H,18,20). The maximum absolute atomic E-state index is 12.2. The fourth-order valence-corrected chi connectivity index (χ4v) is 3.32. The summed E-state index contributed by atoms with van der Waals surface area (Å²) in [6.45, 7) is 2.05. The molecule has 2 aliphatic carbocycles. The summed E-state index contributed by atoms with van der Waals surface area (Å²) < 4.78 is 5.00. The smallest absolute Gasteiger partial charge is 0.308 e. The van der Waals surface area contributed by atoms with E-state index in [1.807, 2.05) is 0 Å². The molecule has 110 valence electrons. The van der Waals surface area contributed by atoms with Crippen molar-refractivity contribution in [2.24, 2.45) is 17.8 Å². The van der Waals surface area contributed by atoms with E-state index in [2.05, 4.69) is 17.5 Å². The van der Waals surface area contributed by atoms with Gasteiger partial charge in [0.2, 0.25) is 0 Å². The van der Waals surface area contributed by atoms with Crippen LogP contribution in [0.15, 0.2) is 36.4 Å². The summed E-state index contributed by atoms with van der Waals surface area (Å²) in [7, 11) is 0. The summed E-state index contributed by atoms with van der Waals surface area (Å²) in [6, 6.07) is 6.70. The maximum Gasteiger partial charge on any atom is 0.308 e. The van der Waals surface area contributed by atoms with Gasteiger partial charge in [-0.1, -0.05) is 18.2 Å². The van der Waals surface area contributed by atoms with Crippen molar-refractivity contribution >= 4 is 11.9 Å². The number of carbonyl (C=O) groups excluding carboxylic acids is 2. The molecule has 1 saturated carbocycles. The third-order valence-corrected chi connectivity index (χ3v) is 4.30.